The number of hydrogen-bond donors (Lipinski definition) is 2. The van der Waals surface area contributed by atoms with Crippen LogP contribution in [0.15, 0.2) is 60.7 Å². The molecule has 0 unspecified atom stereocenters. The maximum Gasteiger partial charge on any atom is 0.339 e. The zero-order valence-corrected chi connectivity index (χ0v) is 32.9. The number of carboxylic acids is 2. The summed E-state index contributed by atoms with van der Waals surface area (Å²) < 4.78 is 12.4. The van der Waals surface area contributed by atoms with Crippen molar-refractivity contribution >= 4 is 23.9 Å². The van der Waals surface area contributed by atoms with Crippen molar-refractivity contribution in [3.63, 3.8) is 0 Å². The van der Waals surface area contributed by atoms with E-state index in [9.17, 15) is 29.4 Å². The van der Waals surface area contributed by atoms with Crippen LogP contribution in [0.4, 0.5) is 0 Å². The van der Waals surface area contributed by atoms with E-state index in [1.54, 1.807) is 36.4 Å². The molecule has 8 heteroatoms. The minimum absolute atomic E-state index is 0.0336. The maximum atomic E-state index is 13.5. The fourth-order valence-electron chi connectivity index (χ4n) is 13.9. The Morgan fingerprint density at radius 2 is 1.28 bits per heavy atom. The molecule has 5 aliphatic rings. The van der Waals surface area contributed by atoms with Crippen molar-refractivity contribution < 1.29 is 38.9 Å². The Kier molecular flexibility index (Phi) is 9.49. The summed E-state index contributed by atoms with van der Waals surface area (Å²) in [4.78, 5) is 50.7. The van der Waals surface area contributed by atoms with Gasteiger partial charge in [0.2, 0.25) is 0 Å². The van der Waals surface area contributed by atoms with Crippen molar-refractivity contribution in [1.82, 2.24) is 0 Å². The first kappa shape index (κ1) is 38.3. The second-order valence-corrected chi connectivity index (χ2v) is 19.1. The quantitative estimate of drug-likeness (QED) is 0.202. The number of allylic oxidation sites excluding steroid dienone is 1. The molecule has 5 saturated carbocycles. The summed E-state index contributed by atoms with van der Waals surface area (Å²) in [6, 6.07) is 12.6. The fourth-order valence-corrected chi connectivity index (χ4v) is 13.9. The third-order valence-corrected chi connectivity index (χ3v) is 16.7. The van der Waals surface area contributed by atoms with E-state index in [-0.39, 0.29) is 55.4 Å². The molecule has 0 spiro atoms. The van der Waals surface area contributed by atoms with E-state index in [0.29, 0.717) is 36.2 Å². The molecule has 10 atom stereocenters. The molecule has 54 heavy (non-hydrogen) atoms. The number of carbonyl (C=O) groups is 4. The average Bonchev–Trinajstić information content (AvgIpc) is 3.52. The van der Waals surface area contributed by atoms with Crippen molar-refractivity contribution in [1.29, 1.82) is 0 Å². The predicted octanol–water partition coefficient (Wildman–Crippen LogP) is 10.1. The first-order valence-corrected chi connectivity index (χ1v) is 20.1. The normalized spacial score (nSPS) is 37.7. The molecule has 0 saturated heterocycles. The van der Waals surface area contributed by atoms with Gasteiger partial charge in [0.15, 0.2) is 0 Å². The third-order valence-electron chi connectivity index (χ3n) is 16.7. The van der Waals surface area contributed by atoms with Crippen LogP contribution in [0.25, 0.3) is 0 Å². The van der Waals surface area contributed by atoms with Gasteiger partial charge >= 0.3 is 23.9 Å². The lowest BCUT2D eigenvalue weighted by molar-refractivity contribution is -0.249. The molecule has 0 bridgehead atoms. The van der Waals surface area contributed by atoms with E-state index in [1.807, 2.05) is 0 Å². The molecule has 5 fully saturated rings. The summed E-state index contributed by atoms with van der Waals surface area (Å²) >= 11 is 0. The SMILES string of the molecule is C=C(C)[C@@H]1CC[C@]2(COC(=O)c3ccccc3C(=O)O)CC[C@]3(C)[C@H](CC[C@@H]4[C@@]5(C)CC[C@H](OC(=O)c6ccccc6C(=O)O)C(C)(C)[C@H]5CC[C@]43C)[C@@H]12. The fraction of sp³-hybridized carbons (Fsp3) is 0.609. The predicted molar refractivity (Wildman–Crippen MR) is 205 cm³/mol. The highest BCUT2D eigenvalue weighted by atomic mass is 16.5. The van der Waals surface area contributed by atoms with Gasteiger partial charge in [-0.2, -0.15) is 0 Å². The Morgan fingerprint density at radius 3 is 1.87 bits per heavy atom. The molecule has 8 nitrogen and oxygen atoms in total. The number of fused-ring (bicyclic) bond motifs is 7. The van der Waals surface area contributed by atoms with Gasteiger partial charge in [0.05, 0.1) is 28.9 Å². The van der Waals surface area contributed by atoms with Gasteiger partial charge in [-0.1, -0.05) is 71.0 Å². The monoisotopic (exact) mass is 738 g/mol. The number of hydrogen-bond acceptors (Lipinski definition) is 6. The van der Waals surface area contributed by atoms with Gasteiger partial charge in [-0.25, -0.2) is 19.2 Å². The van der Waals surface area contributed by atoms with E-state index < -0.39 is 23.9 Å². The first-order chi connectivity index (χ1) is 25.4. The van der Waals surface area contributed by atoms with Gasteiger partial charge in [-0.3, -0.25) is 0 Å². The third kappa shape index (κ3) is 5.67. The van der Waals surface area contributed by atoms with Crippen LogP contribution in [0.1, 0.15) is 147 Å². The van der Waals surface area contributed by atoms with Crippen LogP contribution in [-0.2, 0) is 9.47 Å². The second kappa shape index (κ2) is 13.4. The number of esters is 2. The Hall–Kier alpha value is -3.94. The Bertz CT molecular complexity index is 1880. The van der Waals surface area contributed by atoms with Crippen LogP contribution in [-0.4, -0.2) is 46.8 Å². The molecule has 2 aromatic carbocycles. The molecule has 5 aliphatic carbocycles. The van der Waals surface area contributed by atoms with Crippen molar-refractivity contribution in [3.8, 4) is 0 Å². The van der Waals surface area contributed by atoms with Crippen molar-refractivity contribution in [2.45, 2.75) is 112 Å². The second-order valence-electron chi connectivity index (χ2n) is 19.1. The molecule has 0 amide bonds. The first-order valence-electron chi connectivity index (χ1n) is 20.1. The number of ether oxygens (including phenoxy) is 2. The number of carbonyl (C=O) groups excluding carboxylic acids is 2. The molecular formula is C46H58O8. The van der Waals surface area contributed by atoms with E-state index in [4.69, 9.17) is 9.47 Å². The number of rotatable bonds is 8. The van der Waals surface area contributed by atoms with Crippen LogP contribution in [0.3, 0.4) is 0 Å². The van der Waals surface area contributed by atoms with E-state index >= 15 is 0 Å². The summed E-state index contributed by atoms with van der Waals surface area (Å²) in [5.74, 6) is -1.43. The summed E-state index contributed by atoms with van der Waals surface area (Å²) in [6.07, 6.45) is 9.77. The summed E-state index contributed by atoms with van der Waals surface area (Å²) in [5, 5.41) is 19.5. The molecule has 0 aromatic heterocycles. The highest BCUT2D eigenvalue weighted by Crippen LogP contribution is 2.77. The summed E-state index contributed by atoms with van der Waals surface area (Å²) in [6.45, 7) is 19.1. The molecule has 0 heterocycles. The Morgan fingerprint density at radius 1 is 0.685 bits per heavy atom. The molecule has 0 radical (unpaired) electrons. The molecule has 290 valence electrons. The largest absolute Gasteiger partial charge is 0.478 e. The van der Waals surface area contributed by atoms with Gasteiger partial charge in [0, 0.05) is 10.8 Å². The van der Waals surface area contributed by atoms with Gasteiger partial charge in [-0.15, -0.1) is 0 Å². The van der Waals surface area contributed by atoms with E-state index in [2.05, 4.69) is 48.1 Å². The lowest BCUT2D eigenvalue weighted by Crippen LogP contribution is -2.67. The van der Waals surface area contributed by atoms with Crippen LogP contribution in [0, 0.1) is 56.7 Å². The smallest absolute Gasteiger partial charge is 0.339 e. The molecule has 2 aromatic rings. The number of aromatic carboxylic acids is 2. The van der Waals surface area contributed by atoms with Crippen LogP contribution in [0.2, 0.25) is 0 Å². The van der Waals surface area contributed by atoms with Crippen LogP contribution >= 0.6 is 0 Å². The zero-order valence-electron chi connectivity index (χ0n) is 32.9. The lowest BCUT2D eigenvalue weighted by Gasteiger charge is -2.73. The molecular weight excluding hydrogens is 680 g/mol. The van der Waals surface area contributed by atoms with Crippen molar-refractivity contribution in [3.05, 3.63) is 82.9 Å². The molecule has 2 N–H and O–H groups in total. The number of carboxylic acid groups (broad SMARTS) is 2. The lowest BCUT2D eigenvalue weighted by atomic mass is 9.32. The van der Waals surface area contributed by atoms with Crippen LogP contribution in [0.5, 0.6) is 0 Å². The Labute approximate surface area is 320 Å². The molecule has 0 aliphatic heterocycles. The minimum atomic E-state index is -1.14. The van der Waals surface area contributed by atoms with Gasteiger partial charge in [0.1, 0.15) is 6.10 Å². The average molecular weight is 739 g/mol. The summed E-state index contributed by atoms with van der Waals surface area (Å²) in [5.41, 5.74) is 1.09. The minimum Gasteiger partial charge on any atom is -0.478 e. The van der Waals surface area contributed by atoms with E-state index in [1.165, 1.54) is 17.7 Å². The standard InChI is InChI=1S/C46H58O8/c1-27(2)28-18-23-46(26-53-40(51)31-14-10-8-12-29(31)38(47)48)25-24-44(6)33(37(28)46)16-17-35-43(5)21-20-36(42(3,4)34(43)19-22-45(35,44)7)54-41(52)32-15-11-9-13-30(32)39(49)50/h8-15,28,33-37H,1,16-26H2,2-7H3,(H,47,48)(H,49,50)/t28-,33+,34+,35+,36-,37+,43-,44+,45+,46+/m0/s1. The summed E-state index contributed by atoms with van der Waals surface area (Å²) in [7, 11) is 0. The highest BCUT2D eigenvalue weighted by molar-refractivity contribution is 6.03. The number of benzene rings is 2. The van der Waals surface area contributed by atoms with Gasteiger partial charge in [-0.05, 0) is 141 Å². The van der Waals surface area contributed by atoms with Gasteiger partial charge < -0.3 is 19.7 Å². The Balaban J connectivity index is 1.14. The van der Waals surface area contributed by atoms with Gasteiger partial charge in [0.25, 0.3) is 0 Å². The highest BCUT2D eigenvalue weighted by Gasteiger charge is 2.71. The van der Waals surface area contributed by atoms with Crippen LogP contribution < -0.4 is 0 Å². The van der Waals surface area contributed by atoms with Crippen molar-refractivity contribution in [2.75, 3.05) is 6.61 Å². The molecule has 7 rings (SSSR count). The zero-order chi connectivity index (χ0) is 39.0. The maximum absolute atomic E-state index is 13.5. The topological polar surface area (TPSA) is 127 Å². The van der Waals surface area contributed by atoms with E-state index in [0.717, 1.165) is 64.2 Å². The van der Waals surface area contributed by atoms with Crippen molar-refractivity contribution in [2.24, 2.45) is 56.7 Å².